The van der Waals surface area contributed by atoms with Gasteiger partial charge in [0.25, 0.3) is 0 Å². The van der Waals surface area contributed by atoms with E-state index in [1.807, 2.05) is 17.5 Å². The highest BCUT2D eigenvalue weighted by atomic mass is 32.2. The lowest BCUT2D eigenvalue weighted by Gasteiger charge is -2.07. The Morgan fingerprint density at radius 2 is 2.14 bits per heavy atom. The van der Waals surface area contributed by atoms with Crippen LogP contribution in [-0.2, 0) is 6.54 Å². The molecule has 1 aromatic carbocycles. The summed E-state index contributed by atoms with van der Waals surface area (Å²) in [6, 6.07) is 9.04. The predicted octanol–water partition coefficient (Wildman–Crippen LogP) is 3.00. The largest absolute Gasteiger partial charge is 0.338 e. The first-order chi connectivity index (χ1) is 10.8. The normalized spacial score (nSPS) is 9.95. The van der Waals surface area contributed by atoms with Crippen LogP contribution in [0, 0.1) is 11.3 Å². The van der Waals surface area contributed by atoms with Crippen molar-refractivity contribution in [3.63, 3.8) is 0 Å². The van der Waals surface area contributed by atoms with E-state index < -0.39 is 0 Å². The molecule has 2 N–H and O–H groups in total. The van der Waals surface area contributed by atoms with Gasteiger partial charge < -0.3 is 10.6 Å². The Balaban J connectivity index is 1.56. The summed E-state index contributed by atoms with van der Waals surface area (Å²) in [5.74, 6) is 0.934. The van der Waals surface area contributed by atoms with Crippen molar-refractivity contribution in [3.8, 4) is 6.07 Å². The molecule has 1 heterocycles. The minimum atomic E-state index is -0.177. The number of thioether (sulfide) groups is 1. The Hall–Kier alpha value is -2.04. The van der Waals surface area contributed by atoms with Crippen LogP contribution >= 0.6 is 23.1 Å². The van der Waals surface area contributed by atoms with Crippen LogP contribution in [0.25, 0.3) is 0 Å². The molecule has 0 aliphatic heterocycles. The third-order valence-corrected chi connectivity index (χ3v) is 4.83. The number of thiazole rings is 1. The molecular formula is C15H16N4OS2. The molecular weight excluding hydrogens is 316 g/mol. The van der Waals surface area contributed by atoms with E-state index >= 15 is 0 Å². The van der Waals surface area contributed by atoms with E-state index in [1.165, 1.54) is 0 Å². The SMILES string of the molecule is N#Cc1ccc(CNC(=O)NCCCSc2nccs2)cc1. The maximum absolute atomic E-state index is 11.6. The molecule has 0 bridgehead atoms. The Morgan fingerprint density at radius 3 is 2.82 bits per heavy atom. The fourth-order valence-corrected chi connectivity index (χ4v) is 3.30. The summed E-state index contributed by atoms with van der Waals surface area (Å²) in [6.45, 7) is 1.09. The molecule has 2 rings (SSSR count). The molecule has 0 unspecified atom stereocenters. The highest BCUT2D eigenvalue weighted by Crippen LogP contribution is 2.20. The summed E-state index contributed by atoms with van der Waals surface area (Å²) in [4.78, 5) is 15.8. The first kappa shape index (κ1) is 16.3. The van der Waals surface area contributed by atoms with E-state index in [4.69, 9.17) is 5.26 Å². The van der Waals surface area contributed by atoms with E-state index in [0.29, 0.717) is 18.7 Å². The number of carbonyl (C=O) groups is 1. The summed E-state index contributed by atoms with van der Waals surface area (Å²) in [5.41, 5.74) is 1.58. The summed E-state index contributed by atoms with van der Waals surface area (Å²) >= 11 is 3.33. The number of nitrogens with zero attached hydrogens (tertiary/aromatic N) is 2. The Kier molecular flexibility index (Phi) is 6.74. The molecule has 114 valence electrons. The summed E-state index contributed by atoms with van der Waals surface area (Å²) in [6.07, 6.45) is 2.69. The molecule has 0 aliphatic carbocycles. The standard InChI is InChI=1S/C15H16N4OS2/c16-10-12-2-4-13(5-3-12)11-19-14(20)17-6-1-8-21-15-18-7-9-22-15/h2-5,7,9H,1,6,8,11H2,(H2,17,19,20). The van der Waals surface area contributed by atoms with E-state index in [1.54, 1.807) is 41.4 Å². The maximum Gasteiger partial charge on any atom is 0.315 e. The van der Waals surface area contributed by atoms with E-state index in [2.05, 4.69) is 21.7 Å². The van der Waals surface area contributed by atoms with Crippen molar-refractivity contribution in [1.29, 1.82) is 5.26 Å². The second-order valence-electron chi connectivity index (χ2n) is 4.42. The minimum absolute atomic E-state index is 0.177. The molecule has 7 heteroatoms. The van der Waals surface area contributed by atoms with Crippen LogP contribution in [0.5, 0.6) is 0 Å². The van der Waals surface area contributed by atoms with Crippen molar-refractivity contribution >= 4 is 29.1 Å². The third-order valence-electron chi connectivity index (χ3n) is 2.78. The summed E-state index contributed by atoms with van der Waals surface area (Å²) < 4.78 is 1.06. The topological polar surface area (TPSA) is 77.8 Å². The smallest absolute Gasteiger partial charge is 0.315 e. The molecule has 22 heavy (non-hydrogen) atoms. The monoisotopic (exact) mass is 332 g/mol. The number of carbonyl (C=O) groups excluding carboxylic acids is 1. The maximum atomic E-state index is 11.6. The van der Waals surface area contributed by atoms with Gasteiger partial charge in [0.05, 0.1) is 11.6 Å². The quantitative estimate of drug-likeness (QED) is 0.603. The Bertz CT molecular complexity index is 620. The average Bonchev–Trinajstić information content (AvgIpc) is 3.06. The van der Waals surface area contributed by atoms with E-state index in [-0.39, 0.29) is 6.03 Å². The van der Waals surface area contributed by atoms with Gasteiger partial charge in [-0.25, -0.2) is 9.78 Å². The Morgan fingerprint density at radius 1 is 1.32 bits per heavy atom. The number of urea groups is 1. The van der Waals surface area contributed by atoms with Gasteiger partial charge in [0.2, 0.25) is 0 Å². The molecule has 2 amide bonds. The number of nitrogens with one attached hydrogen (secondary N) is 2. The van der Waals surface area contributed by atoms with Gasteiger partial charge in [-0.3, -0.25) is 0 Å². The molecule has 0 atom stereocenters. The van der Waals surface area contributed by atoms with Crippen LogP contribution < -0.4 is 10.6 Å². The highest BCUT2D eigenvalue weighted by molar-refractivity contribution is 8.00. The van der Waals surface area contributed by atoms with Gasteiger partial charge in [0, 0.05) is 30.4 Å². The number of amides is 2. The molecule has 2 aromatic rings. The zero-order valence-electron chi connectivity index (χ0n) is 11.9. The van der Waals surface area contributed by atoms with Gasteiger partial charge >= 0.3 is 6.03 Å². The fraction of sp³-hybridized carbons (Fsp3) is 0.267. The van der Waals surface area contributed by atoms with Gasteiger partial charge in [-0.05, 0) is 24.1 Å². The molecule has 0 saturated carbocycles. The first-order valence-corrected chi connectivity index (χ1v) is 8.67. The van der Waals surface area contributed by atoms with Gasteiger partial charge in [0.15, 0.2) is 0 Å². The van der Waals surface area contributed by atoms with Gasteiger partial charge in [-0.2, -0.15) is 5.26 Å². The molecule has 0 radical (unpaired) electrons. The van der Waals surface area contributed by atoms with Crippen LogP contribution in [0.1, 0.15) is 17.5 Å². The van der Waals surface area contributed by atoms with E-state index in [0.717, 1.165) is 22.1 Å². The van der Waals surface area contributed by atoms with Crippen molar-refractivity contribution in [2.45, 2.75) is 17.3 Å². The van der Waals surface area contributed by atoms with Crippen molar-refractivity contribution in [3.05, 3.63) is 47.0 Å². The lowest BCUT2D eigenvalue weighted by Crippen LogP contribution is -2.35. The summed E-state index contributed by atoms with van der Waals surface area (Å²) in [5, 5.41) is 16.3. The van der Waals surface area contributed by atoms with Crippen LogP contribution in [0.15, 0.2) is 40.2 Å². The molecule has 0 fully saturated rings. The van der Waals surface area contributed by atoms with Crippen molar-refractivity contribution < 1.29 is 4.79 Å². The first-order valence-electron chi connectivity index (χ1n) is 6.81. The Labute approximate surface area is 137 Å². The molecule has 0 spiro atoms. The lowest BCUT2D eigenvalue weighted by molar-refractivity contribution is 0.240. The van der Waals surface area contributed by atoms with Gasteiger partial charge in [-0.15, -0.1) is 11.3 Å². The van der Waals surface area contributed by atoms with Crippen LogP contribution in [0.4, 0.5) is 4.79 Å². The van der Waals surface area contributed by atoms with Gasteiger partial charge in [0.1, 0.15) is 4.34 Å². The van der Waals surface area contributed by atoms with Gasteiger partial charge in [-0.1, -0.05) is 23.9 Å². The predicted molar refractivity (Wildman–Crippen MR) is 88.9 cm³/mol. The number of benzene rings is 1. The second-order valence-corrected chi connectivity index (χ2v) is 6.65. The van der Waals surface area contributed by atoms with Crippen molar-refractivity contribution in [2.75, 3.05) is 12.3 Å². The molecule has 1 aromatic heterocycles. The number of hydrogen-bond acceptors (Lipinski definition) is 5. The summed E-state index contributed by atoms with van der Waals surface area (Å²) in [7, 11) is 0. The number of nitriles is 1. The molecule has 0 aliphatic rings. The van der Waals surface area contributed by atoms with Crippen LogP contribution in [-0.4, -0.2) is 23.3 Å². The molecule has 0 saturated heterocycles. The fourth-order valence-electron chi connectivity index (χ4n) is 1.66. The van der Waals surface area contributed by atoms with Crippen LogP contribution in [0.2, 0.25) is 0 Å². The molecule has 5 nitrogen and oxygen atoms in total. The lowest BCUT2D eigenvalue weighted by atomic mass is 10.1. The van der Waals surface area contributed by atoms with Crippen LogP contribution in [0.3, 0.4) is 0 Å². The second kappa shape index (κ2) is 9.07. The zero-order chi connectivity index (χ0) is 15.6. The van der Waals surface area contributed by atoms with Crippen molar-refractivity contribution in [1.82, 2.24) is 15.6 Å². The number of aromatic nitrogens is 1. The average molecular weight is 332 g/mol. The number of hydrogen-bond donors (Lipinski definition) is 2. The van der Waals surface area contributed by atoms with Crippen molar-refractivity contribution in [2.24, 2.45) is 0 Å². The highest BCUT2D eigenvalue weighted by Gasteiger charge is 2.01. The van der Waals surface area contributed by atoms with E-state index in [9.17, 15) is 4.79 Å². The minimum Gasteiger partial charge on any atom is -0.338 e. The zero-order valence-corrected chi connectivity index (χ0v) is 13.5. The number of rotatable bonds is 7. The third kappa shape index (κ3) is 5.76.